The molecule has 0 spiro atoms. The van der Waals surface area contributed by atoms with Gasteiger partial charge in [-0.3, -0.25) is 19.2 Å². The molecule has 0 aromatic heterocycles. The Morgan fingerprint density at radius 3 is 1.69 bits per heavy atom. The van der Waals surface area contributed by atoms with Crippen LogP contribution in [0.2, 0.25) is 0 Å². The van der Waals surface area contributed by atoms with Crippen molar-refractivity contribution >= 4 is 23.5 Å². The van der Waals surface area contributed by atoms with Gasteiger partial charge in [0.2, 0.25) is 17.7 Å². The number of epoxide rings is 1. The highest BCUT2D eigenvalue weighted by atomic mass is 16.6. The van der Waals surface area contributed by atoms with E-state index in [1.165, 1.54) is 6.92 Å². The molecule has 0 saturated carbocycles. The lowest BCUT2D eigenvalue weighted by atomic mass is 9.93. The van der Waals surface area contributed by atoms with Crippen molar-refractivity contribution in [2.24, 2.45) is 17.8 Å². The molecule has 0 bridgehead atoms. The lowest BCUT2D eigenvalue weighted by Gasteiger charge is -2.30. The van der Waals surface area contributed by atoms with Gasteiger partial charge in [0.15, 0.2) is 5.78 Å². The zero-order valence-electron chi connectivity index (χ0n) is 23.4. The fraction of sp³-hybridized carbons (Fsp3) is 0.846. The number of ether oxygens (including phenoxy) is 1. The van der Waals surface area contributed by atoms with Crippen LogP contribution in [0.5, 0.6) is 0 Å². The molecule has 0 aliphatic carbocycles. The molecule has 0 aromatic carbocycles. The number of ketones is 1. The first kappa shape index (κ1) is 32.0. The van der Waals surface area contributed by atoms with Crippen LogP contribution in [0.15, 0.2) is 0 Å². The Bertz CT molecular complexity index is 768. The van der Waals surface area contributed by atoms with Crippen molar-refractivity contribution in [2.75, 3.05) is 13.7 Å². The molecule has 10 heteroatoms. The molecule has 3 amide bonds. The van der Waals surface area contributed by atoms with Gasteiger partial charge in [-0.1, -0.05) is 54.4 Å². The summed E-state index contributed by atoms with van der Waals surface area (Å²) >= 11 is 0. The zero-order valence-corrected chi connectivity index (χ0v) is 23.4. The number of likely N-dealkylation sites (N-methyl/N-ethyl adjacent to an activating group) is 1. The topological polar surface area (TPSA) is 149 Å². The first-order valence-corrected chi connectivity index (χ1v) is 13.2. The largest absolute Gasteiger partial charge is 0.391 e. The molecule has 1 aliphatic heterocycles. The van der Waals surface area contributed by atoms with Crippen molar-refractivity contribution in [3.05, 3.63) is 0 Å². The van der Waals surface area contributed by atoms with Crippen LogP contribution in [0.4, 0.5) is 0 Å². The summed E-state index contributed by atoms with van der Waals surface area (Å²) in [4.78, 5) is 52.3. The van der Waals surface area contributed by atoms with E-state index in [1.807, 2.05) is 41.5 Å². The highest BCUT2D eigenvalue weighted by Gasteiger charge is 2.50. The first-order valence-electron chi connectivity index (χ1n) is 13.2. The summed E-state index contributed by atoms with van der Waals surface area (Å²) < 4.78 is 5.27. The summed E-state index contributed by atoms with van der Waals surface area (Å²) in [6.07, 6.45) is 0.566. The van der Waals surface area contributed by atoms with E-state index in [9.17, 15) is 24.3 Å². The van der Waals surface area contributed by atoms with Gasteiger partial charge in [-0.05, 0) is 45.1 Å². The summed E-state index contributed by atoms with van der Waals surface area (Å²) in [5, 5.41) is 21.5. The average molecular weight is 513 g/mol. The van der Waals surface area contributed by atoms with Gasteiger partial charge < -0.3 is 31.1 Å². The van der Waals surface area contributed by atoms with Gasteiger partial charge in [0, 0.05) is 0 Å². The minimum absolute atomic E-state index is 0.0550. The van der Waals surface area contributed by atoms with Gasteiger partial charge in [-0.25, -0.2) is 0 Å². The number of carbonyl (C=O) groups excluding carboxylic acids is 4. The zero-order chi connectivity index (χ0) is 27.8. The smallest absolute Gasteiger partial charge is 0.245 e. The van der Waals surface area contributed by atoms with Gasteiger partial charge in [-0.2, -0.15) is 0 Å². The Labute approximate surface area is 216 Å². The molecule has 5 N–H and O–H groups in total. The number of aliphatic hydroxyl groups excluding tert-OH is 1. The highest BCUT2D eigenvalue weighted by molar-refractivity contribution is 5.98. The standard InChI is InChI=1S/C26H48N4O6/c1-10-15(5)19(27-9)23(33)29-20(16(6)11-2)24(34)30-21(17(7)31)25(35)28-18(12-14(3)4)22(32)26(8)13-36-26/h14-21,27,31H,10-13H2,1-9H3,(H,28,35)(H,29,33)(H,30,34). The number of carbonyl (C=O) groups is 4. The molecule has 8 unspecified atom stereocenters. The van der Waals surface area contributed by atoms with Crippen molar-refractivity contribution < 1.29 is 29.0 Å². The number of hydrogen-bond donors (Lipinski definition) is 5. The van der Waals surface area contributed by atoms with Gasteiger partial charge in [0.25, 0.3) is 0 Å². The first-order chi connectivity index (χ1) is 16.7. The molecule has 208 valence electrons. The Kier molecular flexibility index (Phi) is 12.5. The highest BCUT2D eigenvalue weighted by Crippen LogP contribution is 2.29. The fourth-order valence-electron chi connectivity index (χ4n) is 4.09. The van der Waals surface area contributed by atoms with E-state index in [2.05, 4.69) is 21.3 Å². The van der Waals surface area contributed by atoms with E-state index in [0.29, 0.717) is 19.4 Å². The molecule has 0 aromatic rings. The minimum Gasteiger partial charge on any atom is -0.391 e. The summed E-state index contributed by atoms with van der Waals surface area (Å²) in [6, 6.07) is -3.48. The van der Waals surface area contributed by atoms with Crippen molar-refractivity contribution in [3.63, 3.8) is 0 Å². The van der Waals surface area contributed by atoms with Gasteiger partial charge in [0.1, 0.15) is 17.7 Å². The van der Waals surface area contributed by atoms with E-state index < -0.39 is 47.7 Å². The number of rotatable bonds is 16. The van der Waals surface area contributed by atoms with Crippen molar-refractivity contribution in [1.29, 1.82) is 0 Å². The quantitative estimate of drug-likeness (QED) is 0.193. The molecule has 1 aliphatic rings. The van der Waals surface area contributed by atoms with E-state index in [1.54, 1.807) is 14.0 Å². The van der Waals surface area contributed by atoms with Crippen LogP contribution < -0.4 is 21.3 Å². The summed E-state index contributed by atoms with van der Waals surface area (Å²) in [7, 11) is 1.70. The van der Waals surface area contributed by atoms with Crippen LogP contribution in [0.1, 0.15) is 74.7 Å². The van der Waals surface area contributed by atoms with Crippen LogP contribution in [0.25, 0.3) is 0 Å². The molecule has 0 radical (unpaired) electrons. The fourth-order valence-corrected chi connectivity index (χ4v) is 4.09. The van der Waals surface area contributed by atoms with Crippen molar-refractivity contribution in [3.8, 4) is 0 Å². The molecular formula is C26H48N4O6. The van der Waals surface area contributed by atoms with Crippen LogP contribution >= 0.6 is 0 Å². The van der Waals surface area contributed by atoms with Gasteiger partial charge in [-0.15, -0.1) is 0 Å². The van der Waals surface area contributed by atoms with Gasteiger partial charge in [0.05, 0.1) is 24.8 Å². The molecule has 1 fully saturated rings. The van der Waals surface area contributed by atoms with Crippen LogP contribution in [-0.4, -0.2) is 78.1 Å². The van der Waals surface area contributed by atoms with E-state index in [-0.39, 0.29) is 29.4 Å². The summed E-state index contributed by atoms with van der Waals surface area (Å²) in [5.74, 6) is -1.80. The predicted molar refractivity (Wildman–Crippen MR) is 138 cm³/mol. The molecule has 36 heavy (non-hydrogen) atoms. The van der Waals surface area contributed by atoms with Gasteiger partial charge >= 0.3 is 0 Å². The Hall–Kier alpha value is -2.04. The minimum atomic E-state index is -1.30. The predicted octanol–water partition coefficient (Wildman–Crippen LogP) is 0.906. The third-order valence-corrected chi connectivity index (χ3v) is 7.10. The van der Waals surface area contributed by atoms with Crippen LogP contribution in [0.3, 0.4) is 0 Å². The number of nitrogens with one attached hydrogen (secondary N) is 4. The number of aliphatic hydroxyl groups is 1. The second-order valence-corrected chi connectivity index (χ2v) is 10.8. The van der Waals surface area contributed by atoms with Crippen LogP contribution in [0, 0.1) is 17.8 Å². The number of amides is 3. The normalized spacial score (nSPS) is 23.0. The maximum absolute atomic E-state index is 13.3. The molecule has 1 rings (SSSR count). The molecule has 1 heterocycles. The second kappa shape index (κ2) is 14.0. The third kappa shape index (κ3) is 8.81. The van der Waals surface area contributed by atoms with E-state index in [0.717, 1.165) is 6.42 Å². The SMILES string of the molecule is CCC(C)C(NC)C(=O)NC(C(=O)NC(C(=O)NC(CC(C)C)C(=O)C1(C)CO1)C(C)O)C(C)CC. The Morgan fingerprint density at radius 2 is 1.28 bits per heavy atom. The third-order valence-electron chi connectivity index (χ3n) is 7.10. The maximum atomic E-state index is 13.3. The monoisotopic (exact) mass is 512 g/mol. The molecule has 10 nitrogen and oxygen atoms in total. The van der Waals surface area contributed by atoms with E-state index in [4.69, 9.17) is 4.74 Å². The van der Waals surface area contributed by atoms with Crippen molar-refractivity contribution in [1.82, 2.24) is 21.3 Å². The number of hydrogen-bond acceptors (Lipinski definition) is 7. The van der Waals surface area contributed by atoms with Crippen LogP contribution in [-0.2, 0) is 23.9 Å². The molecule has 1 saturated heterocycles. The molecular weight excluding hydrogens is 464 g/mol. The van der Waals surface area contributed by atoms with Crippen molar-refractivity contribution in [2.45, 2.75) is 111 Å². The Morgan fingerprint density at radius 1 is 0.833 bits per heavy atom. The second-order valence-electron chi connectivity index (χ2n) is 10.8. The maximum Gasteiger partial charge on any atom is 0.245 e. The summed E-state index contributed by atoms with van der Waals surface area (Å²) in [5.41, 5.74) is -0.915. The Balaban J connectivity index is 3.05. The average Bonchev–Trinajstić information content (AvgIpc) is 3.57. The van der Waals surface area contributed by atoms with E-state index >= 15 is 0 Å². The lowest BCUT2D eigenvalue weighted by molar-refractivity contribution is -0.137. The lowest BCUT2D eigenvalue weighted by Crippen LogP contribution is -2.61. The molecule has 8 atom stereocenters. The summed E-state index contributed by atoms with van der Waals surface area (Å²) in [6.45, 7) is 14.9. The number of Topliss-reactive ketones (excluding diaryl/α,β-unsaturated/α-hetero) is 1.